The van der Waals surface area contributed by atoms with E-state index in [-0.39, 0.29) is 12.1 Å². The minimum absolute atomic E-state index is 0.0415. The van der Waals surface area contributed by atoms with E-state index in [1.807, 2.05) is 6.07 Å². The smallest absolute Gasteiger partial charge is 0.315 e. The van der Waals surface area contributed by atoms with E-state index in [0.717, 1.165) is 32.2 Å². The first kappa shape index (κ1) is 12.0. The van der Waals surface area contributed by atoms with E-state index >= 15 is 0 Å². The van der Waals surface area contributed by atoms with Gasteiger partial charge in [-0.2, -0.15) is 0 Å². The molecule has 2 amide bonds. The number of rotatable bonds is 4. The lowest BCUT2D eigenvalue weighted by Crippen LogP contribution is -2.37. The minimum atomic E-state index is -0.0415. The molecule has 0 saturated heterocycles. The Labute approximate surface area is 103 Å². The van der Waals surface area contributed by atoms with Gasteiger partial charge in [-0.3, -0.25) is 0 Å². The van der Waals surface area contributed by atoms with Crippen molar-refractivity contribution in [2.45, 2.75) is 38.6 Å². The number of nitrogens with one attached hydrogen (secondary N) is 2. The molecule has 0 aromatic heterocycles. The van der Waals surface area contributed by atoms with Gasteiger partial charge in [0.1, 0.15) is 0 Å². The third kappa shape index (κ3) is 2.99. The van der Waals surface area contributed by atoms with Crippen LogP contribution in [0.25, 0.3) is 0 Å². The predicted molar refractivity (Wildman–Crippen MR) is 68.9 cm³/mol. The number of urea groups is 1. The fourth-order valence-corrected chi connectivity index (χ4v) is 2.30. The van der Waals surface area contributed by atoms with E-state index in [1.165, 1.54) is 11.1 Å². The number of aryl methyl sites for hydroxylation is 1. The average molecular weight is 232 g/mol. The first-order chi connectivity index (χ1) is 8.31. The molecule has 1 atom stereocenters. The van der Waals surface area contributed by atoms with Crippen LogP contribution in [0.5, 0.6) is 0 Å². The van der Waals surface area contributed by atoms with Crippen LogP contribution < -0.4 is 10.6 Å². The van der Waals surface area contributed by atoms with Gasteiger partial charge < -0.3 is 10.6 Å². The van der Waals surface area contributed by atoms with Crippen molar-refractivity contribution in [3.05, 3.63) is 35.4 Å². The van der Waals surface area contributed by atoms with Crippen LogP contribution in [0.4, 0.5) is 4.79 Å². The van der Waals surface area contributed by atoms with Crippen molar-refractivity contribution in [3.8, 4) is 0 Å². The van der Waals surface area contributed by atoms with Gasteiger partial charge in [-0.25, -0.2) is 4.79 Å². The Bertz CT molecular complexity index is 390. The molecule has 2 N–H and O–H groups in total. The van der Waals surface area contributed by atoms with Gasteiger partial charge in [0.2, 0.25) is 0 Å². The second-order valence-corrected chi connectivity index (χ2v) is 4.54. The lowest BCUT2D eigenvalue weighted by Gasteiger charge is -2.14. The maximum absolute atomic E-state index is 11.7. The van der Waals surface area contributed by atoms with Crippen molar-refractivity contribution >= 4 is 6.03 Å². The number of unbranched alkanes of at least 4 members (excludes halogenated alkanes) is 1. The van der Waals surface area contributed by atoms with Gasteiger partial charge in [-0.1, -0.05) is 37.6 Å². The lowest BCUT2D eigenvalue weighted by atomic mass is 10.1. The molecular formula is C14H20N2O. The Balaban J connectivity index is 1.87. The molecule has 1 aromatic carbocycles. The highest BCUT2D eigenvalue weighted by molar-refractivity contribution is 5.74. The van der Waals surface area contributed by atoms with Crippen LogP contribution in [-0.4, -0.2) is 12.6 Å². The summed E-state index contributed by atoms with van der Waals surface area (Å²) in [5.74, 6) is 0. The van der Waals surface area contributed by atoms with Crippen molar-refractivity contribution in [2.24, 2.45) is 0 Å². The molecule has 0 bridgehead atoms. The van der Waals surface area contributed by atoms with Crippen molar-refractivity contribution in [2.75, 3.05) is 6.54 Å². The second kappa shape index (κ2) is 5.71. The highest BCUT2D eigenvalue weighted by atomic mass is 16.2. The van der Waals surface area contributed by atoms with E-state index in [9.17, 15) is 4.79 Å². The lowest BCUT2D eigenvalue weighted by molar-refractivity contribution is 0.237. The number of amides is 2. The first-order valence-corrected chi connectivity index (χ1v) is 6.43. The van der Waals surface area contributed by atoms with Crippen LogP contribution in [0.15, 0.2) is 24.3 Å². The minimum Gasteiger partial charge on any atom is -0.338 e. The summed E-state index contributed by atoms with van der Waals surface area (Å²) in [4.78, 5) is 11.7. The summed E-state index contributed by atoms with van der Waals surface area (Å²) in [5, 5.41) is 5.94. The third-order valence-electron chi connectivity index (χ3n) is 3.25. The van der Waals surface area contributed by atoms with Crippen LogP contribution in [-0.2, 0) is 6.42 Å². The molecule has 0 spiro atoms. The molecule has 0 fully saturated rings. The van der Waals surface area contributed by atoms with Crippen molar-refractivity contribution in [1.82, 2.24) is 10.6 Å². The monoisotopic (exact) mass is 232 g/mol. The van der Waals surface area contributed by atoms with Crippen molar-refractivity contribution in [3.63, 3.8) is 0 Å². The topological polar surface area (TPSA) is 41.1 Å². The summed E-state index contributed by atoms with van der Waals surface area (Å²) < 4.78 is 0. The second-order valence-electron chi connectivity index (χ2n) is 4.54. The molecule has 3 nitrogen and oxygen atoms in total. The average Bonchev–Trinajstić information content (AvgIpc) is 2.73. The molecule has 0 radical (unpaired) electrons. The molecule has 1 aromatic rings. The first-order valence-electron chi connectivity index (χ1n) is 6.43. The number of carbonyl (C=O) groups is 1. The maximum Gasteiger partial charge on any atom is 0.315 e. The fraction of sp³-hybridized carbons (Fsp3) is 0.500. The normalized spacial score (nSPS) is 17.6. The molecule has 2 rings (SSSR count). The standard InChI is InChI=1S/C14H20N2O/c1-2-3-10-15-14(17)16-13-9-8-11-6-4-5-7-12(11)13/h4-7,13H,2-3,8-10H2,1H3,(H2,15,16,17). The maximum atomic E-state index is 11.7. The van der Waals surface area contributed by atoms with Gasteiger partial charge in [0.25, 0.3) is 0 Å². The predicted octanol–water partition coefficient (Wildman–Crippen LogP) is 2.77. The van der Waals surface area contributed by atoms with Crippen LogP contribution in [0, 0.1) is 0 Å². The highest BCUT2D eigenvalue weighted by Crippen LogP contribution is 2.30. The molecule has 17 heavy (non-hydrogen) atoms. The molecule has 1 aliphatic carbocycles. The fourth-order valence-electron chi connectivity index (χ4n) is 2.30. The van der Waals surface area contributed by atoms with Gasteiger partial charge in [-0.05, 0) is 30.4 Å². The third-order valence-corrected chi connectivity index (χ3v) is 3.25. The quantitative estimate of drug-likeness (QED) is 0.770. The molecule has 0 saturated carbocycles. The van der Waals surface area contributed by atoms with Gasteiger partial charge in [0, 0.05) is 6.54 Å². The van der Waals surface area contributed by atoms with E-state index in [2.05, 4.69) is 35.8 Å². The van der Waals surface area contributed by atoms with E-state index in [0.29, 0.717) is 0 Å². The molecule has 1 unspecified atom stereocenters. The summed E-state index contributed by atoms with van der Waals surface area (Å²) in [6.45, 7) is 2.88. The Hall–Kier alpha value is -1.51. The van der Waals surface area contributed by atoms with E-state index in [1.54, 1.807) is 0 Å². The van der Waals surface area contributed by atoms with E-state index in [4.69, 9.17) is 0 Å². The SMILES string of the molecule is CCCCNC(=O)NC1CCc2ccccc21. The largest absolute Gasteiger partial charge is 0.338 e. The van der Waals surface area contributed by atoms with Crippen molar-refractivity contribution < 1.29 is 4.79 Å². The molecule has 1 aliphatic rings. The number of hydrogen-bond acceptors (Lipinski definition) is 1. The van der Waals surface area contributed by atoms with E-state index < -0.39 is 0 Å². The molecule has 0 aliphatic heterocycles. The summed E-state index contributed by atoms with van der Waals surface area (Å²) in [5.41, 5.74) is 2.64. The van der Waals surface area contributed by atoms with Crippen LogP contribution in [0.1, 0.15) is 43.4 Å². The Kier molecular flexibility index (Phi) is 4.02. The van der Waals surface area contributed by atoms with Gasteiger partial charge in [0.15, 0.2) is 0 Å². The van der Waals surface area contributed by atoms with Crippen LogP contribution in [0.3, 0.4) is 0 Å². The molecule has 0 heterocycles. The summed E-state index contributed by atoms with van der Waals surface area (Å²) in [6.07, 6.45) is 4.22. The summed E-state index contributed by atoms with van der Waals surface area (Å²) >= 11 is 0. The summed E-state index contributed by atoms with van der Waals surface area (Å²) in [6, 6.07) is 8.50. The Morgan fingerprint density at radius 1 is 1.41 bits per heavy atom. The number of fused-ring (bicyclic) bond motifs is 1. The Morgan fingerprint density at radius 3 is 3.06 bits per heavy atom. The number of carbonyl (C=O) groups excluding carboxylic acids is 1. The number of benzene rings is 1. The molecule has 3 heteroatoms. The zero-order valence-electron chi connectivity index (χ0n) is 10.3. The molecule has 92 valence electrons. The zero-order chi connectivity index (χ0) is 12.1. The van der Waals surface area contributed by atoms with Gasteiger partial charge in [0.05, 0.1) is 6.04 Å². The van der Waals surface area contributed by atoms with Crippen LogP contribution >= 0.6 is 0 Å². The molecular weight excluding hydrogens is 212 g/mol. The number of hydrogen-bond donors (Lipinski definition) is 2. The van der Waals surface area contributed by atoms with Gasteiger partial charge in [-0.15, -0.1) is 0 Å². The van der Waals surface area contributed by atoms with Crippen LogP contribution in [0.2, 0.25) is 0 Å². The Morgan fingerprint density at radius 2 is 2.24 bits per heavy atom. The highest BCUT2D eigenvalue weighted by Gasteiger charge is 2.22. The van der Waals surface area contributed by atoms with Crippen molar-refractivity contribution in [1.29, 1.82) is 0 Å². The van der Waals surface area contributed by atoms with Gasteiger partial charge >= 0.3 is 6.03 Å². The zero-order valence-corrected chi connectivity index (χ0v) is 10.3. The summed E-state index contributed by atoms with van der Waals surface area (Å²) in [7, 11) is 0.